The van der Waals surface area contributed by atoms with Crippen LogP contribution in [0.3, 0.4) is 0 Å². The van der Waals surface area contributed by atoms with Gasteiger partial charge in [-0.3, -0.25) is 4.79 Å². The highest BCUT2D eigenvalue weighted by Crippen LogP contribution is 2.31. The van der Waals surface area contributed by atoms with Crippen molar-refractivity contribution in [2.24, 2.45) is 0 Å². The Labute approximate surface area is 200 Å². The van der Waals surface area contributed by atoms with Crippen molar-refractivity contribution in [3.8, 4) is 17.2 Å². The minimum Gasteiger partial charge on any atom is -0.485 e. The molecule has 0 saturated heterocycles. The van der Waals surface area contributed by atoms with Crippen LogP contribution >= 0.6 is 0 Å². The lowest BCUT2D eigenvalue weighted by atomic mass is 10.1. The average Bonchev–Trinajstić information content (AvgIpc) is 2.88. The van der Waals surface area contributed by atoms with Crippen LogP contribution in [0.2, 0.25) is 0 Å². The summed E-state index contributed by atoms with van der Waals surface area (Å²) in [6.45, 7) is 1.84. The fraction of sp³-hybridized carbons (Fsp3) is 0.148. The van der Waals surface area contributed by atoms with Crippen molar-refractivity contribution in [1.29, 1.82) is 0 Å². The van der Waals surface area contributed by atoms with Crippen LogP contribution < -0.4 is 25.2 Å². The summed E-state index contributed by atoms with van der Waals surface area (Å²) in [5, 5.41) is 3.31. The summed E-state index contributed by atoms with van der Waals surface area (Å²) in [5.41, 5.74) is 0.184. The Morgan fingerprint density at radius 1 is 0.971 bits per heavy atom. The van der Waals surface area contributed by atoms with Gasteiger partial charge in [-0.15, -0.1) is 0 Å². The van der Waals surface area contributed by atoms with Crippen LogP contribution in [-0.4, -0.2) is 24.6 Å². The molecule has 35 heavy (non-hydrogen) atoms. The predicted molar refractivity (Wildman–Crippen MR) is 127 cm³/mol. The van der Waals surface area contributed by atoms with Gasteiger partial charge in [0.1, 0.15) is 23.5 Å². The molecule has 0 saturated carbocycles. The van der Waals surface area contributed by atoms with Crippen molar-refractivity contribution >= 4 is 22.8 Å². The fourth-order valence-corrected chi connectivity index (χ4v) is 3.73. The first-order chi connectivity index (χ1) is 17.0. The molecular weight excluding hydrogens is 450 g/mol. The third-order valence-electron chi connectivity index (χ3n) is 5.59. The summed E-state index contributed by atoms with van der Waals surface area (Å²) in [6.07, 6.45) is -0.940. The van der Waals surface area contributed by atoms with Crippen LogP contribution in [0.5, 0.6) is 17.2 Å². The second kappa shape index (κ2) is 9.34. The number of esters is 1. The van der Waals surface area contributed by atoms with Crippen molar-refractivity contribution in [3.63, 3.8) is 0 Å². The molecule has 0 radical (unpaired) electrons. The van der Waals surface area contributed by atoms with E-state index in [4.69, 9.17) is 18.6 Å². The first-order valence-electron chi connectivity index (χ1n) is 11.0. The Morgan fingerprint density at radius 3 is 2.51 bits per heavy atom. The summed E-state index contributed by atoms with van der Waals surface area (Å²) >= 11 is 0. The van der Waals surface area contributed by atoms with Gasteiger partial charge in [0, 0.05) is 11.5 Å². The second-order valence-corrected chi connectivity index (χ2v) is 8.04. The fourth-order valence-electron chi connectivity index (χ4n) is 3.73. The van der Waals surface area contributed by atoms with Gasteiger partial charge in [-0.05, 0) is 42.8 Å². The smallest absolute Gasteiger partial charge is 0.356 e. The average molecular weight is 471 g/mol. The van der Waals surface area contributed by atoms with Crippen LogP contribution in [0.1, 0.15) is 28.9 Å². The molecule has 8 heteroatoms. The van der Waals surface area contributed by atoms with Gasteiger partial charge in [0.15, 0.2) is 11.5 Å². The molecule has 0 bridgehead atoms. The van der Waals surface area contributed by atoms with Gasteiger partial charge in [0.05, 0.1) is 6.04 Å². The number of fused-ring (bicyclic) bond motifs is 2. The van der Waals surface area contributed by atoms with Gasteiger partial charge in [-0.25, -0.2) is 9.59 Å². The largest absolute Gasteiger partial charge is 0.485 e. The maximum atomic E-state index is 12.7. The zero-order valence-corrected chi connectivity index (χ0v) is 18.7. The van der Waals surface area contributed by atoms with Crippen LogP contribution in [-0.2, 0) is 4.79 Å². The molecule has 1 aromatic heterocycles. The van der Waals surface area contributed by atoms with E-state index < -0.39 is 23.6 Å². The lowest BCUT2D eigenvalue weighted by Gasteiger charge is -2.24. The molecule has 2 heterocycles. The highest BCUT2D eigenvalue weighted by molar-refractivity contribution is 5.97. The standard InChI is InChI=1S/C27H21NO7/c1-16(17-7-3-2-4-8-17)28-25(29)20-13-18-11-12-19(14-23(18)35-26(20)30)33-27(31)24-15-32-21-9-5-6-10-22(21)34-24/h2-14,16,24H,15H2,1H3,(H,28,29). The summed E-state index contributed by atoms with van der Waals surface area (Å²) in [5.74, 6) is -0.00280. The molecule has 2 atom stereocenters. The molecule has 1 aliphatic rings. The number of rotatable bonds is 5. The maximum Gasteiger partial charge on any atom is 0.356 e. The Morgan fingerprint density at radius 2 is 1.71 bits per heavy atom. The monoisotopic (exact) mass is 471 g/mol. The van der Waals surface area contributed by atoms with E-state index in [0.717, 1.165) is 5.56 Å². The Bertz CT molecular complexity index is 1460. The van der Waals surface area contributed by atoms with Gasteiger partial charge in [0.2, 0.25) is 6.10 Å². The molecule has 3 aromatic carbocycles. The molecule has 1 amide bonds. The molecule has 1 N–H and O–H groups in total. The van der Waals surface area contributed by atoms with Crippen molar-refractivity contribution in [3.05, 3.63) is 100 Å². The summed E-state index contributed by atoms with van der Waals surface area (Å²) < 4.78 is 22.0. The van der Waals surface area contributed by atoms with Gasteiger partial charge in [-0.2, -0.15) is 0 Å². The van der Waals surface area contributed by atoms with Gasteiger partial charge < -0.3 is 23.9 Å². The minimum atomic E-state index is -0.940. The quantitative estimate of drug-likeness (QED) is 0.266. The highest BCUT2D eigenvalue weighted by atomic mass is 16.6. The van der Waals surface area contributed by atoms with E-state index >= 15 is 0 Å². The van der Waals surface area contributed by atoms with E-state index in [2.05, 4.69) is 5.32 Å². The molecule has 2 unspecified atom stereocenters. The molecule has 8 nitrogen and oxygen atoms in total. The predicted octanol–water partition coefficient (Wildman–Crippen LogP) is 4.03. The Balaban J connectivity index is 1.30. The second-order valence-electron chi connectivity index (χ2n) is 8.04. The normalized spacial score (nSPS) is 15.3. The molecule has 0 fully saturated rings. The zero-order chi connectivity index (χ0) is 24.4. The van der Waals surface area contributed by atoms with Crippen LogP contribution in [0.4, 0.5) is 0 Å². The molecule has 4 aromatic rings. The topological polar surface area (TPSA) is 104 Å². The maximum absolute atomic E-state index is 12.7. The molecule has 176 valence electrons. The van der Waals surface area contributed by atoms with Crippen LogP contribution in [0.25, 0.3) is 11.0 Å². The highest BCUT2D eigenvalue weighted by Gasteiger charge is 2.29. The molecule has 5 rings (SSSR count). The van der Waals surface area contributed by atoms with Gasteiger partial charge in [0.25, 0.3) is 5.91 Å². The van der Waals surface area contributed by atoms with Crippen molar-refractivity contribution in [1.82, 2.24) is 5.32 Å². The van der Waals surface area contributed by atoms with Crippen LogP contribution in [0, 0.1) is 0 Å². The van der Waals surface area contributed by atoms with Crippen molar-refractivity contribution in [2.75, 3.05) is 6.61 Å². The summed E-state index contributed by atoms with van der Waals surface area (Å²) in [6, 6.07) is 22.2. The number of carbonyl (C=O) groups is 2. The Hall–Kier alpha value is -4.59. The molecule has 0 aliphatic carbocycles. The number of ether oxygens (including phenoxy) is 3. The minimum absolute atomic E-state index is 0.0123. The number of amides is 1. The first kappa shape index (κ1) is 22.2. The van der Waals surface area contributed by atoms with Crippen molar-refractivity contribution in [2.45, 2.75) is 19.1 Å². The number of para-hydroxylation sites is 2. The van der Waals surface area contributed by atoms with Crippen LogP contribution in [0.15, 0.2) is 88.1 Å². The summed E-state index contributed by atoms with van der Waals surface area (Å²) in [7, 11) is 0. The lowest BCUT2D eigenvalue weighted by Crippen LogP contribution is -2.39. The molecule has 1 aliphatic heterocycles. The van der Waals surface area contributed by atoms with Gasteiger partial charge >= 0.3 is 11.6 Å². The third kappa shape index (κ3) is 4.72. The molecule has 0 spiro atoms. The van der Waals surface area contributed by atoms with E-state index in [9.17, 15) is 14.4 Å². The first-order valence-corrected chi connectivity index (χ1v) is 11.0. The number of benzene rings is 3. The summed E-state index contributed by atoms with van der Waals surface area (Å²) in [4.78, 5) is 37.8. The van der Waals surface area contributed by atoms with E-state index in [1.807, 2.05) is 43.3 Å². The number of nitrogens with one attached hydrogen (secondary N) is 1. The van der Waals surface area contributed by atoms with E-state index in [-0.39, 0.29) is 29.5 Å². The van der Waals surface area contributed by atoms with E-state index in [0.29, 0.717) is 16.9 Å². The lowest BCUT2D eigenvalue weighted by molar-refractivity contribution is -0.144. The van der Waals surface area contributed by atoms with E-state index in [1.54, 1.807) is 30.3 Å². The number of hydrogen-bond donors (Lipinski definition) is 1. The van der Waals surface area contributed by atoms with E-state index in [1.165, 1.54) is 12.1 Å². The molecular formula is C27H21NO7. The zero-order valence-electron chi connectivity index (χ0n) is 18.7. The Kier molecular flexibility index (Phi) is 5.93. The van der Waals surface area contributed by atoms with Gasteiger partial charge in [-0.1, -0.05) is 42.5 Å². The third-order valence-corrected chi connectivity index (χ3v) is 5.59. The number of hydrogen-bond acceptors (Lipinski definition) is 7. The SMILES string of the molecule is CC(NC(=O)c1cc2ccc(OC(=O)C3COc4ccccc4O3)cc2oc1=O)c1ccccc1. The van der Waals surface area contributed by atoms with Crippen molar-refractivity contribution < 1.29 is 28.2 Å². The number of carbonyl (C=O) groups excluding carboxylic acids is 2.